The first-order valence-electron chi connectivity index (χ1n) is 7.25. The van der Waals surface area contributed by atoms with E-state index in [1.54, 1.807) is 29.2 Å². The quantitative estimate of drug-likeness (QED) is 0.621. The highest BCUT2D eigenvalue weighted by molar-refractivity contribution is 6.02. The molecule has 0 atom stereocenters. The van der Waals surface area contributed by atoms with Gasteiger partial charge in [0, 0.05) is 12.4 Å². The Labute approximate surface area is 136 Å². The summed E-state index contributed by atoms with van der Waals surface area (Å²) in [5, 5.41) is 14.3. The summed E-state index contributed by atoms with van der Waals surface area (Å²) in [5.41, 5.74) is 2.10. The predicted molar refractivity (Wildman–Crippen MR) is 85.5 cm³/mol. The van der Waals surface area contributed by atoms with Gasteiger partial charge < -0.3 is 9.52 Å². The zero-order chi connectivity index (χ0) is 16.5. The number of pyridine rings is 2. The minimum absolute atomic E-state index is 0.146. The Balaban J connectivity index is 1.89. The number of aromatic nitrogens is 4. The molecule has 7 heteroatoms. The molecule has 0 aromatic carbocycles. The van der Waals surface area contributed by atoms with E-state index in [2.05, 4.69) is 15.1 Å². The Morgan fingerprint density at radius 2 is 2.08 bits per heavy atom. The van der Waals surface area contributed by atoms with Crippen LogP contribution in [0.15, 0.2) is 59.6 Å². The van der Waals surface area contributed by atoms with Crippen LogP contribution in [-0.2, 0) is 6.54 Å². The molecule has 0 saturated carbocycles. The zero-order valence-corrected chi connectivity index (χ0v) is 12.5. The Morgan fingerprint density at radius 3 is 2.79 bits per heavy atom. The van der Waals surface area contributed by atoms with Crippen LogP contribution in [0.5, 0.6) is 0 Å². The van der Waals surface area contributed by atoms with Crippen molar-refractivity contribution in [3.05, 3.63) is 66.3 Å². The van der Waals surface area contributed by atoms with Gasteiger partial charge in [-0.3, -0.25) is 4.98 Å². The van der Waals surface area contributed by atoms with Crippen molar-refractivity contribution in [2.45, 2.75) is 6.54 Å². The SMILES string of the molecule is O=C(O)c1cc(-c2ccco2)nc2c1cnn2Cc1ccncc1. The number of hydrogen-bond acceptors (Lipinski definition) is 5. The third-order valence-corrected chi connectivity index (χ3v) is 3.69. The summed E-state index contributed by atoms with van der Waals surface area (Å²) < 4.78 is 7.01. The van der Waals surface area contributed by atoms with Gasteiger partial charge in [-0.2, -0.15) is 5.10 Å². The summed E-state index contributed by atoms with van der Waals surface area (Å²) in [7, 11) is 0. The van der Waals surface area contributed by atoms with Crippen LogP contribution < -0.4 is 0 Å². The van der Waals surface area contributed by atoms with Gasteiger partial charge in [-0.15, -0.1) is 0 Å². The van der Waals surface area contributed by atoms with E-state index in [4.69, 9.17) is 4.42 Å². The van der Waals surface area contributed by atoms with Gasteiger partial charge in [0.2, 0.25) is 0 Å². The topological polar surface area (TPSA) is 94.0 Å². The summed E-state index contributed by atoms with van der Waals surface area (Å²) in [4.78, 5) is 20.1. The molecule has 1 N–H and O–H groups in total. The van der Waals surface area contributed by atoms with Gasteiger partial charge >= 0.3 is 5.97 Å². The lowest BCUT2D eigenvalue weighted by atomic mass is 10.1. The van der Waals surface area contributed by atoms with Gasteiger partial charge in [0.1, 0.15) is 5.69 Å². The van der Waals surface area contributed by atoms with Gasteiger partial charge in [0.05, 0.1) is 30.0 Å². The van der Waals surface area contributed by atoms with E-state index < -0.39 is 5.97 Å². The van der Waals surface area contributed by atoms with E-state index in [1.165, 1.54) is 18.5 Å². The van der Waals surface area contributed by atoms with Crippen LogP contribution in [0, 0.1) is 0 Å². The monoisotopic (exact) mass is 320 g/mol. The second-order valence-corrected chi connectivity index (χ2v) is 5.23. The van der Waals surface area contributed by atoms with Gasteiger partial charge in [-0.05, 0) is 35.9 Å². The standard InChI is InChI=1S/C17H12N4O3/c22-17(23)12-8-14(15-2-1-7-24-15)20-16-13(12)9-19-21(16)10-11-3-5-18-6-4-11/h1-9H,10H2,(H,22,23). The number of nitrogens with zero attached hydrogens (tertiary/aromatic N) is 4. The fourth-order valence-electron chi connectivity index (χ4n) is 2.55. The van der Waals surface area contributed by atoms with Crippen molar-refractivity contribution in [2.75, 3.05) is 0 Å². The van der Waals surface area contributed by atoms with Crippen molar-refractivity contribution in [1.29, 1.82) is 0 Å². The molecule has 0 amide bonds. The molecule has 4 rings (SSSR count). The van der Waals surface area contributed by atoms with Crippen LogP contribution in [-0.4, -0.2) is 30.8 Å². The van der Waals surface area contributed by atoms with E-state index >= 15 is 0 Å². The molecule has 0 aliphatic rings. The van der Waals surface area contributed by atoms with Crippen LogP contribution in [0.1, 0.15) is 15.9 Å². The summed E-state index contributed by atoms with van der Waals surface area (Å²) >= 11 is 0. The van der Waals surface area contributed by atoms with Crippen molar-refractivity contribution in [3.8, 4) is 11.5 Å². The van der Waals surface area contributed by atoms with Crippen LogP contribution >= 0.6 is 0 Å². The minimum atomic E-state index is -1.03. The van der Waals surface area contributed by atoms with Crippen molar-refractivity contribution in [3.63, 3.8) is 0 Å². The van der Waals surface area contributed by atoms with Gasteiger partial charge in [-0.1, -0.05) is 0 Å². The number of fused-ring (bicyclic) bond motifs is 1. The number of carbonyl (C=O) groups is 1. The molecule has 4 aromatic rings. The largest absolute Gasteiger partial charge is 0.478 e. The summed E-state index contributed by atoms with van der Waals surface area (Å²) in [5.74, 6) is -0.519. The molecular weight excluding hydrogens is 308 g/mol. The Hall–Kier alpha value is -3.48. The average Bonchev–Trinajstić information content (AvgIpc) is 3.25. The molecule has 0 unspecified atom stereocenters. The fourth-order valence-corrected chi connectivity index (χ4v) is 2.55. The van der Waals surface area contributed by atoms with Crippen molar-refractivity contribution in [1.82, 2.24) is 19.7 Å². The number of rotatable bonds is 4. The minimum Gasteiger partial charge on any atom is -0.478 e. The summed E-state index contributed by atoms with van der Waals surface area (Å²) in [6, 6.07) is 8.73. The van der Waals surface area contributed by atoms with E-state index in [0.29, 0.717) is 29.0 Å². The highest BCUT2D eigenvalue weighted by atomic mass is 16.4. The van der Waals surface area contributed by atoms with Gasteiger partial charge in [-0.25, -0.2) is 14.5 Å². The van der Waals surface area contributed by atoms with Gasteiger partial charge in [0.15, 0.2) is 11.4 Å². The van der Waals surface area contributed by atoms with E-state index in [-0.39, 0.29) is 5.56 Å². The third kappa shape index (κ3) is 2.41. The second-order valence-electron chi connectivity index (χ2n) is 5.23. The highest BCUT2D eigenvalue weighted by Gasteiger charge is 2.17. The Bertz CT molecular complexity index is 1010. The van der Waals surface area contributed by atoms with Gasteiger partial charge in [0.25, 0.3) is 0 Å². The molecule has 4 aromatic heterocycles. The van der Waals surface area contributed by atoms with Crippen LogP contribution in [0.25, 0.3) is 22.5 Å². The van der Waals surface area contributed by atoms with E-state index in [0.717, 1.165) is 5.56 Å². The molecule has 0 bridgehead atoms. The van der Waals surface area contributed by atoms with Crippen LogP contribution in [0.2, 0.25) is 0 Å². The lowest BCUT2D eigenvalue weighted by Crippen LogP contribution is -2.05. The van der Waals surface area contributed by atoms with Crippen molar-refractivity contribution < 1.29 is 14.3 Å². The fraction of sp³-hybridized carbons (Fsp3) is 0.0588. The van der Waals surface area contributed by atoms with E-state index in [1.807, 2.05) is 12.1 Å². The highest BCUT2D eigenvalue weighted by Crippen LogP contribution is 2.25. The Morgan fingerprint density at radius 1 is 1.25 bits per heavy atom. The number of carboxylic acids is 1. The molecule has 0 spiro atoms. The Kier molecular flexibility index (Phi) is 3.31. The summed E-state index contributed by atoms with van der Waals surface area (Å²) in [6.07, 6.45) is 6.45. The first-order chi connectivity index (χ1) is 11.7. The predicted octanol–water partition coefficient (Wildman–Crippen LogP) is 2.83. The maximum Gasteiger partial charge on any atom is 0.336 e. The van der Waals surface area contributed by atoms with Crippen molar-refractivity contribution >= 4 is 17.0 Å². The lowest BCUT2D eigenvalue weighted by molar-refractivity contribution is 0.0699. The normalized spacial score (nSPS) is 11.0. The van der Waals surface area contributed by atoms with E-state index in [9.17, 15) is 9.90 Å². The van der Waals surface area contributed by atoms with Crippen LogP contribution in [0.3, 0.4) is 0 Å². The first-order valence-corrected chi connectivity index (χ1v) is 7.25. The first kappa shape index (κ1) is 14.1. The molecule has 0 radical (unpaired) electrons. The number of carboxylic acid groups (broad SMARTS) is 1. The molecule has 0 aliphatic carbocycles. The smallest absolute Gasteiger partial charge is 0.336 e. The van der Waals surface area contributed by atoms with Crippen molar-refractivity contribution in [2.24, 2.45) is 0 Å². The van der Waals surface area contributed by atoms with Crippen LogP contribution in [0.4, 0.5) is 0 Å². The molecule has 0 saturated heterocycles. The number of furan rings is 1. The molecule has 0 aliphatic heterocycles. The third-order valence-electron chi connectivity index (χ3n) is 3.69. The molecule has 7 nitrogen and oxygen atoms in total. The zero-order valence-electron chi connectivity index (χ0n) is 12.5. The number of aromatic carboxylic acids is 1. The average molecular weight is 320 g/mol. The molecular formula is C17H12N4O3. The summed E-state index contributed by atoms with van der Waals surface area (Å²) in [6.45, 7) is 0.472. The number of hydrogen-bond donors (Lipinski definition) is 1. The lowest BCUT2D eigenvalue weighted by Gasteiger charge is -2.06. The molecule has 0 fully saturated rings. The second kappa shape index (κ2) is 5.62. The molecule has 118 valence electrons. The molecule has 24 heavy (non-hydrogen) atoms. The maximum absolute atomic E-state index is 11.6. The maximum atomic E-state index is 11.6. The molecule has 4 heterocycles.